The lowest BCUT2D eigenvalue weighted by Gasteiger charge is -2.21. The molecule has 5 heteroatoms. The number of carbonyl (C=O) groups excluding carboxylic acids is 1. The first-order chi connectivity index (χ1) is 11.4. The molecule has 2 aromatic carbocycles. The molecule has 0 saturated carbocycles. The number of nitrogens with two attached hydrogens (primary N) is 1. The van der Waals surface area contributed by atoms with Crippen LogP contribution < -0.4 is 11.1 Å². The van der Waals surface area contributed by atoms with Crippen LogP contribution >= 0.6 is 0 Å². The van der Waals surface area contributed by atoms with Gasteiger partial charge in [-0.1, -0.05) is 49.4 Å². The van der Waals surface area contributed by atoms with Crippen LogP contribution in [0.25, 0.3) is 0 Å². The summed E-state index contributed by atoms with van der Waals surface area (Å²) in [6.45, 7) is 3.76. The summed E-state index contributed by atoms with van der Waals surface area (Å²) in [4.78, 5) is 12.6. The molecule has 128 valence electrons. The normalized spacial score (nSPS) is 14.7. The Labute approximate surface area is 145 Å². The molecule has 0 heterocycles. The van der Waals surface area contributed by atoms with Crippen LogP contribution in [-0.4, -0.2) is 16.4 Å². The minimum Gasteiger partial charge on any atom is -0.326 e. The van der Waals surface area contributed by atoms with Gasteiger partial charge in [0.25, 0.3) is 0 Å². The number of amides is 1. The molecule has 24 heavy (non-hydrogen) atoms. The molecule has 3 unspecified atom stereocenters. The lowest BCUT2D eigenvalue weighted by molar-refractivity contribution is -0.120. The number of nitrogens with one attached hydrogen (secondary N) is 1. The van der Waals surface area contributed by atoms with Crippen LogP contribution in [0, 0.1) is 12.8 Å². The van der Waals surface area contributed by atoms with E-state index in [4.69, 9.17) is 5.73 Å². The average molecular weight is 344 g/mol. The summed E-state index contributed by atoms with van der Waals surface area (Å²) in [5.74, 6) is -0.00534. The Morgan fingerprint density at radius 3 is 2.46 bits per heavy atom. The highest BCUT2D eigenvalue weighted by molar-refractivity contribution is 7.83. The van der Waals surface area contributed by atoms with Gasteiger partial charge in [-0.3, -0.25) is 9.00 Å². The van der Waals surface area contributed by atoms with Crippen molar-refractivity contribution in [2.45, 2.75) is 25.6 Å². The van der Waals surface area contributed by atoms with Crippen molar-refractivity contribution in [3.63, 3.8) is 0 Å². The van der Waals surface area contributed by atoms with Gasteiger partial charge >= 0.3 is 0 Å². The van der Waals surface area contributed by atoms with Crippen molar-refractivity contribution in [2.75, 3.05) is 11.6 Å². The Kier molecular flexibility index (Phi) is 6.29. The third-order valence-electron chi connectivity index (χ3n) is 4.20. The molecule has 0 aliphatic rings. The lowest BCUT2D eigenvalue weighted by Crippen LogP contribution is -2.30. The van der Waals surface area contributed by atoms with E-state index in [0.717, 1.165) is 22.4 Å². The maximum atomic E-state index is 12.6. The van der Waals surface area contributed by atoms with E-state index in [1.54, 1.807) is 6.26 Å². The van der Waals surface area contributed by atoms with Gasteiger partial charge in [0.15, 0.2) is 0 Å². The van der Waals surface area contributed by atoms with Crippen molar-refractivity contribution in [2.24, 2.45) is 11.7 Å². The van der Waals surface area contributed by atoms with Crippen molar-refractivity contribution < 1.29 is 9.00 Å². The van der Waals surface area contributed by atoms with E-state index >= 15 is 0 Å². The van der Waals surface area contributed by atoms with Crippen molar-refractivity contribution in [3.05, 3.63) is 65.2 Å². The van der Waals surface area contributed by atoms with E-state index in [-0.39, 0.29) is 17.9 Å². The molecule has 0 bridgehead atoms. The molecule has 4 nitrogen and oxygen atoms in total. The van der Waals surface area contributed by atoms with Crippen molar-refractivity contribution in [1.29, 1.82) is 0 Å². The van der Waals surface area contributed by atoms with Crippen molar-refractivity contribution in [3.8, 4) is 0 Å². The minimum atomic E-state index is -0.922. The van der Waals surface area contributed by atoms with Crippen LogP contribution in [0.5, 0.6) is 0 Å². The standard InChI is InChI=1S/C19H24N2O2S/c1-13-16(12-24(3)23)10-7-11-17(13)21-19(22)14(2)18(20)15-8-5-4-6-9-15/h4-11,14,18H,12,20H2,1-3H3,(H,21,22). The Morgan fingerprint density at radius 1 is 1.17 bits per heavy atom. The summed E-state index contributed by atoms with van der Waals surface area (Å²) < 4.78 is 11.5. The summed E-state index contributed by atoms with van der Waals surface area (Å²) in [5.41, 5.74) is 9.83. The summed E-state index contributed by atoms with van der Waals surface area (Å²) in [6.07, 6.45) is 1.67. The molecule has 1 amide bonds. The maximum absolute atomic E-state index is 12.6. The monoisotopic (exact) mass is 344 g/mol. The van der Waals surface area contributed by atoms with Gasteiger partial charge in [-0.05, 0) is 29.7 Å². The molecule has 0 radical (unpaired) electrons. The molecular formula is C19H24N2O2S. The van der Waals surface area contributed by atoms with E-state index in [1.807, 2.05) is 62.4 Å². The number of rotatable bonds is 6. The molecule has 0 saturated heterocycles. The second kappa shape index (κ2) is 8.22. The van der Waals surface area contributed by atoms with E-state index in [1.165, 1.54) is 0 Å². The molecular weight excluding hydrogens is 320 g/mol. The summed E-state index contributed by atoms with van der Waals surface area (Å²) in [5, 5.41) is 2.96. The summed E-state index contributed by atoms with van der Waals surface area (Å²) in [6, 6.07) is 14.9. The van der Waals surface area contributed by atoms with Crippen LogP contribution in [0.3, 0.4) is 0 Å². The van der Waals surface area contributed by atoms with E-state index < -0.39 is 10.8 Å². The first-order valence-electron chi connectivity index (χ1n) is 7.90. The third kappa shape index (κ3) is 4.52. The fraction of sp³-hybridized carbons (Fsp3) is 0.316. The number of hydrogen-bond donors (Lipinski definition) is 2. The fourth-order valence-electron chi connectivity index (χ4n) is 2.57. The van der Waals surface area contributed by atoms with Crippen LogP contribution in [0.4, 0.5) is 5.69 Å². The highest BCUT2D eigenvalue weighted by Gasteiger charge is 2.22. The second-order valence-corrected chi connectivity index (χ2v) is 7.46. The van der Waals surface area contributed by atoms with E-state index in [9.17, 15) is 9.00 Å². The lowest BCUT2D eigenvalue weighted by atomic mass is 9.94. The highest BCUT2D eigenvalue weighted by Crippen LogP contribution is 2.24. The highest BCUT2D eigenvalue weighted by atomic mass is 32.2. The number of anilines is 1. The number of carbonyl (C=O) groups is 1. The topological polar surface area (TPSA) is 72.2 Å². The Bertz CT molecular complexity index is 731. The molecule has 0 aromatic heterocycles. The zero-order valence-corrected chi connectivity index (χ0v) is 15.1. The quantitative estimate of drug-likeness (QED) is 0.845. The van der Waals surface area contributed by atoms with Crippen molar-refractivity contribution >= 4 is 22.4 Å². The van der Waals surface area contributed by atoms with E-state index in [0.29, 0.717) is 5.75 Å². The molecule has 2 rings (SSSR count). The van der Waals surface area contributed by atoms with Gasteiger partial charge in [0.05, 0.1) is 5.92 Å². The van der Waals surface area contributed by atoms with Crippen LogP contribution in [0.1, 0.15) is 29.7 Å². The average Bonchev–Trinajstić information content (AvgIpc) is 2.57. The Hall–Kier alpha value is -1.98. The predicted molar refractivity (Wildman–Crippen MR) is 100 cm³/mol. The zero-order chi connectivity index (χ0) is 17.7. The van der Waals surface area contributed by atoms with Gasteiger partial charge < -0.3 is 11.1 Å². The minimum absolute atomic E-state index is 0.121. The molecule has 0 spiro atoms. The van der Waals surface area contributed by atoms with Gasteiger partial charge in [-0.15, -0.1) is 0 Å². The maximum Gasteiger partial charge on any atom is 0.229 e. The zero-order valence-electron chi connectivity index (χ0n) is 14.3. The van der Waals surface area contributed by atoms with Crippen LogP contribution in [0.2, 0.25) is 0 Å². The number of hydrogen-bond acceptors (Lipinski definition) is 3. The van der Waals surface area contributed by atoms with Gasteiger partial charge in [0, 0.05) is 34.5 Å². The van der Waals surface area contributed by atoms with Crippen LogP contribution in [-0.2, 0) is 21.3 Å². The van der Waals surface area contributed by atoms with Crippen molar-refractivity contribution in [1.82, 2.24) is 0 Å². The van der Waals surface area contributed by atoms with Crippen LogP contribution in [0.15, 0.2) is 48.5 Å². The molecule has 3 atom stereocenters. The van der Waals surface area contributed by atoms with Gasteiger partial charge in [0.2, 0.25) is 5.91 Å². The van der Waals surface area contributed by atoms with Gasteiger partial charge in [-0.25, -0.2) is 0 Å². The summed E-state index contributed by atoms with van der Waals surface area (Å²) in [7, 11) is -0.922. The van der Waals surface area contributed by atoms with E-state index in [2.05, 4.69) is 5.32 Å². The molecule has 3 N–H and O–H groups in total. The second-order valence-electron chi connectivity index (χ2n) is 6.02. The molecule has 2 aromatic rings. The van der Waals surface area contributed by atoms with Gasteiger partial charge in [-0.2, -0.15) is 0 Å². The first-order valence-corrected chi connectivity index (χ1v) is 9.62. The Balaban J connectivity index is 2.13. The predicted octanol–water partition coefficient (Wildman–Crippen LogP) is 3.15. The fourth-order valence-corrected chi connectivity index (χ4v) is 3.32. The third-order valence-corrected chi connectivity index (χ3v) is 4.92. The SMILES string of the molecule is Cc1c(CS(C)=O)cccc1NC(=O)C(C)C(N)c1ccccc1. The number of benzene rings is 2. The molecule has 0 aliphatic heterocycles. The smallest absolute Gasteiger partial charge is 0.229 e. The molecule has 0 fully saturated rings. The first kappa shape index (κ1) is 18.4. The molecule has 0 aliphatic carbocycles. The Morgan fingerprint density at radius 2 is 1.83 bits per heavy atom. The largest absolute Gasteiger partial charge is 0.326 e. The summed E-state index contributed by atoms with van der Waals surface area (Å²) >= 11 is 0. The van der Waals surface area contributed by atoms with Gasteiger partial charge in [0.1, 0.15) is 0 Å².